The summed E-state index contributed by atoms with van der Waals surface area (Å²) in [5, 5.41) is 2.86. The van der Waals surface area contributed by atoms with E-state index in [1.165, 1.54) is 22.2 Å². The third-order valence-corrected chi connectivity index (χ3v) is 8.53. The molecule has 0 bridgehead atoms. The summed E-state index contributed by atoms with van der Waals surface area (Å²) in [5.74, 6) is 1.49. The summed E-state index contributed by atoms with van der Waals surface area (Å²) in [7, 11) is 0. The van der Waals surface area contributed by atoms with Gasteiger partial charge in [-0.15, -0.1) is 11.3 Å². The van der Waals surface area contributed by atoms with Gasteiger partial charge in [-0.25, -0.2) is 9.97 Å². The number of aromatic nitrogens is 2. The number of thiophene rings is 1. The fraction of sp³-hybridized carbons (Fsp3) is 0.435. The third-order valence-electron chi connectivity index (χ3n) is 5.40. The molecule has 0 fully saturated rings. The Kier molecular flexibility index (Phi) is 6.82. The Bertz CT molecular complexity index is 1050. The van der Waals surface area contributed by atoms with Crippen LogP contribution < -0.4 is 0 Å². The lowest BCUT2D eigenvalue weighted by Gasteiger charge is -2.33. The van der Waals surface area contributed by atoms with Gasteiger partial charge < -0.3 is 4.74 Å². The molecule has 2 aromatic heterocycles. The molecule has 7 heteroatoms. The molecule has 0 N–H and O–H groups in total. The minimum absolute atomic E-state index is 0.126. The quantitative estimate of drug-likeness (QED) is 0.168. The lowest BCUT2D eigenvalue weighted by atomic mass is 9.90. The minimum Gasteiger partial charge on any atom is -0.369 e. The first kappa shape index (κ1) is 21.8. The van der Waals surface area contributed by atoms with E-state index in [1.807, 2.05) is 30.3 Å². The average molecular weight is 459 g/mol. The number of hydrogen-bond donors (Lipinski definition) is 0. The predicted octanol–water partition coefficient (Wildman–Crippen LogP) is 6.41. The summed E-state index contributed by atoms with van der Waals surface area (Å²) in [6.45, 7) is 7.14. The van der Waals surface area contributed by atoms with Gasteiger partial charge in [0.05, 0.1) is 18.0 Å². The van der Waals surface area contributed by atoms with Gasteiger partial charge in [0.2, 0.25) is 0 Å². The van der Waals surface area contributed by atoms with E-state index in [2.05, 4.69) is 20.8 Å². The van der Waals surface area contributed by atoms with Gasteiger partial charge >= 0.3 is 0 Å². The molecule has 4 rings (SSSR count). The normalized spacial score (nSPS) is 18.5. The molecule has 1 aliphatic rings. The molecule has 0 radical (unpaired) electrons. The van der Waals surface area contributed by atoms with Crippen LogP contribution in [-0.4, -0.2) is 32.9 Å². The van der Waals surface area contributed by atoms with Crippen molar-refractivity contribution in [3.8, 4) is 0 Å². The summed E-state index contributed by atoms with van der Waals surface area (Å²) in [4.78, 5) is 24.7. The number of nitrogens with zero attached hydrogens (tertiary/aromatic N) is 2. The van der Waals surface area contributed by atoms with Crippen LogP contribution in [-0.2, 0) is 17.8 Å². The number of rotatable bonds is 8. The lowest BCUT2D eigenvalue weighted by Crippen LogP contribution is -2.33. The lowest BCUT2D eigenvalue weighted by molar-refractivity contribution is -0.0543. The average Bonchev–Trinajstić information content (AvgIpc) is 3.13. The molecule has 0 unspecified atom stereocenters. The van der Waals surface area contributed by atoms with Crippen LogP contribution in [0.5, 0.6) is 0 Å². The Morgan fingerprint density at radius 3 is 2.73 bits per heavy atom. The van der Waals surface area contributed by atoms with Crippen molar-refractivity contribution in [3.63, 3.8) is 0 Å². The van der Waals surface area contributed by atoms with Crippen molar-refractivity contribution in [1.29, 1.82) is 0 Å². The van der Waals surface area contributed by atoms with Crippen molar-refractivity contribution in [2.75, 3.05) is 11.5 Å². The van der Waals surface area contributed by atoms with Gasteiger partial charge in [0.1, 0.15) is 9.86 Å². The van der Waals surface area contributed by atoms with E-state index in [1.54, 1.807) is 23.1 Å². The highest BCUT2D eigenvalue weighted by Gasteiger charge is 2.33. The zero-order valence-electron chi connectivity index (χ0n) is 17.6. The molecule has 158 valence electrons. The Hall–Kier alpha value is -1.41. The molecular formula is C23H26N2O2S3. The second kappa shape index (κ2) is 9.39. The SMILES string of the molecule is CCCSc1nc(SCC(=O)c2ccccc2)c2c3c(sc2n1)CO[C@](C)(CC)C3. The number of fused-ring (bicyclic) bond motifs is 3. The highest BCUT2D eigenvalue weighted by molar-refractivity contribution is 8.00. The topological polar surface area (TPSA) is 52.1 Å². The van der Waals surface area contributed by atoms with Crippen LogP contribution in [0.2, 0.25) is 0 Å². The fourth-order valence-electron chi connectivity index (χ4n) is 3.45. The Balaban J connectivity index is 1.70. The fourth-order valence-corrected chi connectivity index (χ4v) is 6.38. The van der Waals surface area contributed by atoms with Crippen LogP contribution >= 0.6 is 34.9 Å². The third kappa shape index (κ3) is 4.59. The van der Waals surface area contributed by atoms with E-state index in [4.69, 9.17) is 14.7 Å². The maximum absolute atomic E-state index is 12.7. The summed E-state index contributed by atoms with van der Waals surface area (Å²) in [5.41, 5.74) is 1.90. The van der Waals surface area contributed by atoms with E-state index in [0.29, 0.717) is 12.4 Å². The van der Waals surface area contributed by atoms with E-state index in [9.17, 15) is 4.79 Å². The zero-order valence-corrected chi connectivity index (χ0v) is 20.0. The number of carbonyl (C=O) groups is 1. The first-order valence-electron chi connectivity index (χ1n) is 10.3. The number of benzene rings is 1. The van der Waals surface area contributed by atoms with Crippen molar-refractivity contribution >= 4 is 50.9 Å². The Morgan fingerprint density at radius 2 is 2.00 bits per heavy atom. The molecule has 1 aliphatic heterocycles. The summed E-state index contributed by atoms with van der Waals surface area (Å²) in [6.07, 6.45) is 2.90. The highest BCUT2D eigenvalue weighted by atomic mass is 32.2. The maximum Gasteiger partial charge on any atom is 0.190 e. The molecule has 0 saturated heterocycles. The van der Waals surface area contributed by atoms with Crippen molar-refractivity contribution in [3.05, 3.63) is 46.3 Å². The summed E-state index contributed by atoms with van der Waals surface area (Å²) >= 11 is 4.94. The molecule has 4 nitrogen and oxygen atoms in total. The molecule has 0 amide bonds. The molecule has 0 aliphatic carbocycles. The van der Waals surface area contributed by atoms with Gasteiger partial charge in [-0.3, -0.25) is 4.79 Å². The number of ether oxygens (including phenoxy) is 1. The molecule has 0 saturated carbocycles. The van der Waals surface area contributed by atoms with Gasteiger partial charge in [0.25, 0.3) is 0 Å². The Morgan fingerprint density at radius 1 is 1.20 bits per heavy atom. The minimum atomic E-state index is -0.154. The molecule has 1 aromatic carbocycles. The van der Waals surface area contributed by atoms with Gasteiger partial charge in [-0.05, 0) is 25.3 Å². The van der Waals surface area contributed by atoms with Gasteiger partial charge in [0.15, 0.2) is 10.9 Å². The standard InChI is InChI=1S/C23H26N2O2S3/c1-4-11-28-22-24-20(29-14-17(26)15-9-7-6-8-10-15)19-16-12-23(3,5-2)27-13-18(16)30-21(19)25-22/h6-10H,4-5,11-14H2,1-3H3/t23-/m1/s1. The number of Topliss-reactive ketones (excluding diaryl/α,β-unsaturated/α-hetero) is 1. The van der Waals surface area contributed by atoms with Gasteiger partial charge in [-0.2, -0.15) is 0 Å². The van der Waals surface area contributed by atoms with E-state index >= 15 is 0 Å². The van der Waals surface area contributed by atoms with Crippen molar-refractivity contribution < 1.29 is 9.53 Å². The molecule has 1 atom stereocenters. The van der Waals surface area contributed by atoms with E-state index in [-0.39, 0.29) is 11.4 Å². The number of hydrogen-bond acceptors (Lipinski definition) is 7. The molecule has 30 heavy (non-hydrogen) atoms. The summed E-state index contributed by atoms with van der Waals surface area (Å²) in [6, 6.07) is 9.48. The maximum atomic E-state index is 12.7. The number of carbonyl (C=O) groups excluding carboxylic acids is 1. The van der Waals surface area contributed by atoms with Crippen molar-refractivity contribution in [2.45, 2.75) is 62.4 Å². The van der Waals surface area contributed by atoms with Crippen LogP contribution in [0.1, 0.15) is 54.4 Å². The highest BCUT2D eigenvalue weighted by Crippen LogP contribution is 2.43. The largest absolute Gasteiger partial charge is 0.369 e. The monoisotopic (exact) mass is 458 g/mol. The first-order chi connectivity index (χ1) is 14.5. The van der Waals surface area contributed by atoms with Gasteiger partial charge in [-0.1, -0.05) is 67.7 Å². The molecule has 3 heterocycles. The molecule has 3 aromatic rings. The molecule has 0 spiro atoms. The van der Waals surface area contributed by atoms with Crippen LogP contribution in [0, 0.1) is 0 Å². The van der Waals surface area contributed by atoms with Crippen molar-refractivity contribution in [2.24, 2.45) is 0 Å². The van der Waals surface area contributed by atoms with Crippen molar-refractivity contribution in [1.82, 2.24) is 9.97 Å². The van der Waals surface area contributed by atoms with E-state index in [0.717, 1.165) is 51.0 Å². The predicted molar refractivity (Wildman–Crippen MR) is 127 cm³/mol. The smallest absolute Gasteiger partial charge is 0.190 e. The van der Waals surface area contributed by atoms with Crippen LogP contribution in [0.15, 0.2) is 40.5 Å². The number of ketones is 1. The zero-order chi connectivity index (χ0) is 21.1. The van der Waals surface area contributed by atoms with Crippen LogP contribution in [0.4, 0.5) is 0 Å². The van der Waals surface area contributed by atoms with Gasteiger partial charge in [0, 0.05) is 28.0 Å². The van der Waals surface area contributed by atoms with E-state index < -0.39 is 0 Å². The number of thioether (sulfide) groups is 2. The second-order valence-corrected chi connectivity index (χ2v) is 10.8. The first-order valence-corrected chi connectivity index (χ1v) is 13.1. The Labute approximate surface area is 190 Å². The second-order valence-electron chi connectivity index (χ2n) is 7.69. The van der Waals surface area contributed by atoms with Crippen LogP contribution in [0.3, 0.4) is 0 Å². The van der Waals surface area contributed by atoms with Crippen LogP contribution in [0.25, 0.3) is 10.2 Å². The molecular weight excluding hydrogens is 432 g/mol. The summed E-state index contributed by atoms with van der Waals surface area (Å²) < 4.78 is 6.16.